The van der Waals surface area contributed by atoms with Crippen LogP contribution in [0, 0.1) is 5.92 Å². The van der Waals surface area contributed by atoms with Crippen LogP contribution < -0.4 is 0 Å². The maximum atomic E-state index is 4.47. The van der Waals surface area contributed by atoms with Gasteiger partial charge in [0.2, 0.25) is 0 Å². The van der Waals surface area contributed by atoms with Gasteiger partial charge in [-0.25, -0.2) is 4.68 Å². The van der Waals surface area contributed by atoms with Gasteiger partial charge in [0, 0.05) is 0 Å². The van der Waals surface area contributed by atoms with E-state index in [1.165, 1.54) is 24.2 Å². The summed E-state index contributed by atoms with van der Waals surface area (Å²) in [7, 11) is 4.95. The standard InChI is InChI=1S/C14H25B2N3/c1-9-13(15)7-5-10-11(6-8-14(9,13)16)19(18-17-10)12(2,3)4/h9H,5-8,15-16H2,1-4H3. The number of aromatic nitrogens is 3. The van der Waals surface area contributed by atoms with Gasteiger partial charge in [0.1, 0.15) is 15.7 Å². The minimum atomic E-state index is 0.0408. The SMILES string of the molecule is BC12CCc3nnn(C(C)(C)C)c3CCC1(B)C2C. The molecule has 0 bridgehead atoms. The third kappa shape index (κ3) is 1.66. The summed E-state index contributed by atoms with van der Waals surface area (Å²) in [6.45, 7) is 9.07. The number of rotatable bonds is 0. The molecule has 3 nitrogen and oxygen atoms in total. The molecule has 1 heterocycles. The van der Waals surface area contributed by atoms with Crippen molar-refractivity contribution < 1.29 is 0 Å². The lowest BCUT2D eigenvalue weighted by molar-refractivity contribution is 0.333. The normalized spacial score (nSPS) is 38.0. The molecule has 2 aliphatic carbocycles. The van der Waals surface area contributed by atoms with Gasteiger partial charge >= 0.3 is 0 Å². The van der Waals surface area contributed by atoms with Crippen LogP contribution in [0.5, 0.6) is 0 Å². The number of aryl methyl sites for hydroxylation is 1. The van der Waals surface area contributed by atoms with Crippen LogP contribution in [-0.2, 0) is 18.4 Å². The maximum absolute atomic E-state index is 4.47. The summed E-state index contributed by atoms with van der Waals surface area (Å²) in [6, 6.07) is 0. The first kappa shape index (κ1) is 13.3. The van der Waals surface area contributed by atoms with E-state index in [0.717, 1.165) is 18.8 Å². The smallest absolute Gasteiger partial charge is 0.109 e. The van der Waals surface area contributed by atoms with Crippen LogP contribution in [-0.4, -0.2) is 30.7 Å². The van der Waals surface area contributed by atoms with Gasteiger partial charge in [-0.05, 0) is 52.4 Å². The Kier molecular flexibility index (Phi) is 2.57. The minimum Gasteiger partial charge on any atom is -0.244 e. The van der Waals surface area contributed by atoms with Crippen LogP contribution in [0.4, 0.5) is 0 Å². The van der Waals surface area contributed by atoms with Crippen LogP contribution in [0.1, 0.15) is 51.9 Å². The van der Waals surface area contributed by atoms with Crippen molar-refractivity contribution in [1.29, 1.82) is 0 Å². The molecule has 5 heteroatoms. The first-order chi connectivity index (χ1) is 8.70. The molecule has 0 spiro atoms. The molecule has 3 rings (SSSR count). The molecule has 0 N–H and O–H groups in total. The van der Waals surface area contributed by atoms with Gasteiger partial charge in [0.15, 0.2) is 0 Å². The van der Waals surface area contributed by atoms with E-state index < -0.39 is 0 Å². The predicted octanol–water partition coefficient (Wildman–Crippen LogP) is 1.15. The zero-order valence-corrected chi connectivity index (χ0v) is 13.2. The Balaban J connectivity index is 1.95. The molecule has 2 aliphatic rings. The van der Waals surface area contributed by atoms with Crippen LogP contribution in [0.25, 0.3) is 0 Å². The van der Waals surface area contributed by atoms with Gasteiger partial charge < -0.3 is 0 Å². The highest BCUT2D eigenvalue weighted by atomic mass is 15.5. The molecule has 19 heavy (non-hydrogen) atoms. The van der Waals surface area contributed by atoms with Crippen molar-refractivity contribution in [2.45, 2.75) is 69.5 Å². The van der Waals surface area contributed by atoms with Crippen molar-refractivity contribution in [1.82, 2.24) is 15.0 Å². The maximum Gasteiger partial charge on any atom is 0.109 e. The molecule has 0 radical (unpaired) electrons. The first-order valence-electron chi connectivity index (χ1n) is 7.64. The van der Waals surface area contributed by atoms with Crippen molar-refractivity contribution >= 4 is 15.7 Å². The fourth-order valence-corrected chi connectivity index (χ4v) is 4.32. The van der Waals surface area contributed by atoms with Crippen LogP contribution in [0.3, 0.4) is 0 Å². The Hall–Kier alpha value is -0.730. The summed E-state index contributed by atoms with van der Waals surface area (Å²) in [6.07, 6.45) is 4.78. The second-order valence-corrected chi connectivity index (χ2v) is 8.12. The van der Waals surface area contributed by atoms with E-state index >= 15 is 0 Å². The topological polar surface area (TPSA) is 30.7 Å². The third-order valence-electron chi connectivity index (χ3n) is 6.37. The van der Waals surface area contributed by atoms with Crippen molar-refractivity contribution in [3.05, 3.63) is 11.4 Å². The fourth-order valence-electron chi connectivity index (χ4n) is 4.32. The lowest BCUT2D eigenvalue weighted by Crippen LogP contribution is -2.26. The summed E-state index contributed by atoms with van der Waals surface area (Å²) in [5.74, 6) is 0.847. The quantitative estimate of drug-likeness (QED) is 0.652. The van der Waals surface area contributed by atoms with Gasteiger partial charge in [-0.15, -0.1) is 5.10 Å². The zero-order valence-electron chi connectivity index (χ0n) is 13.2. The highest BCUT2D eigenvalue weighted by molar-refractivity contribution is 6.32. The highest BCUT2D eigenvalue weighted by Gasteiger charge is 2.66. The summed E-state index contributed by atoms with van der Waals surface area (Å²) in [5, 5.41) is 9.94. The number of hydrogen-bond acceptors (Lipinski definition) is 2. The summed E-state index contributed by atoms with van der Waals surface area (Å²) < 4.78 is 2.15. The molecule has 1 saturated carbocycles. The molecular weight excluding hydrogens is 232 g/mol. The monoisotopic (exact) mass is 257 g/mol. The van der Waals surface area contributed by atoms with Gasteiger partial charge in [0.05, 0.1) is 16.9 Å². The Bertz CT molecular complexity index is 519. The van der Waals surface area contributed by atoms with E-state index in [1.54, 1.807) is 0 Å². The molecule has 0 saturated heterocycles. The minimum absolute atomic E-state index is 0.0408. The molecular formula is C14H25B2N3. The predicted molar refractivity (Wildman–Crippen MR) is 83.3 cm³/mol. The van der Waals surface area contributed by atoms with E-state index in [-0.39, 0.29) is 5.54 Å². The molecule has 3 unspecified atom stereocenters. The molecule has 102 valence electrons. The summed E-state index contributed by atoms with van der Waals surface area (Å²) >= 11 is 0. The molecule has 0 aromatic carbocycles. The van der Waals surface area contributed by atoms with Gasteiger partial charge in [-0.1, -0.05) is 22.8 Å². The molecule has 1 fully saturated rings. The zero-order chi connectivity index (χ0) is 14.1. The average Bonchev–Trinajstić information content (AvgIpc) is 2.69. The summed E-state index contributed by atoms with van der Waals surface area (Å²) in [5.41, 5.74) is 2.67. The first-order valence-corrected chi connectivity index (χ1v) is 7.64. The number of nitrogens with zero attached hydrogens (tertiary/aromatic N) is 3. The van der Waals surface area contributed by atoms with Crippen molar-refractivity contribution in [2.75, 3.05) is 0 Å². The molecule has 0 aliphatic heterocycles. The van der Waals surface area contributed by atoms with E-state index in [4.69, 9.17) is 0 Å². The van der Waals surface area contributed by atoms with E-state index in [1.807, 2.05) is 0 Å². The highest BCUT2D eigenvalue weighted by Crippen LogP contribution is 2.81. The molecule has 1 aromatic rings. The largest absolute Gasteiger partial charge is 0.244 e. The number of fused-ring (bicyclic) bond motifs is 2. The van der Waals surface area contributed by atoms with E-state index in [2.05, 4.69) is 58.4 Å². The Morgan fingerprint density at radius 3 is 2.32 bits per heavy atom. The number of hydrogen-bond donors (Lipinski definition) is 0. The van der Waals surface area contributed by atoms with Crippen LogP contribution in [0.15, 0.2) is 0 Å². The fraction of sp³-hybridized carbons (Fsp3) is 0.857. The second kappa shape index (κ2) is 3.67. The van der Waals surface area contributed by atoms with Crippen molar-refractivity contribution in [3.63, 3.8) is 0 Å². The van der Waals surface area contributed by atoms with Crippen molar-refractivity contribution in [2.24, 2.45) is 5.92 Å². The lowest BCUT2D eigenvalue weighted by Gasteiger charge is -2.25. The van der Waals surface area contributed by atoms with Gasteiger partial charge in [0.25, 0.3) is 0 Å². The van der Waals surface area contributed by atoms with Crippen LogP contribution in [0.2, 0.25) is 10.6 Å². The Morgan fingerprint density at radius 1 is 1.16 bits per heavy atom. The molecule has 0 amide bonds. The second-order valence-electron chi connectivity index (χ2n) is 8.12. The lowest BCUT2D eigenvalue weighted by atomic mass is 9.62. The van der Waals surface area contributed by atoms with E-state index in [9.17, 15) is 0 Å². The Labute approximate surface area is 118 Å². The van der Waals surface area contributed by atoms with Gasteiger partial charge in [-0.2, -0.15) is 0 Å². The van der Waals surface area contributed by atoms with Gasteiger partial charge in [-0.3, -0.25) is 0 Å². The van der Waals surface area contributed by atoms with Crippen molar-refractivity contribution in [3.8, 4) is 0 Å². The molecule has 3 atom stereocenters. The third-order valence-corrected chi connectivity index (χ3v) is 6.37. The molecule has 1 aromatic heterocycles. The van der Waals surface area contributed by atoms with E-state index in [0.29, 0.717) is 10.6 Å². The summed E-state index contributed by atoms with van der Waals surface area (Å²) in [4.78, 5) is 0. The van der Waals surface area contributed by atoms with Crippen LogP contribution >= 0.6 is 0 Å². The average molecular weight is 257 g/mol. The Morgan fingerprint density at radius 2 is 1.74 bits per heavy atom.